The first-order valence-electron chi connectivity index (χ1n) is 10.4. The van der Waals surface area contributed by atoms with Gasteiger partial charge in [0.05, 0.1) is 25.3 Å². The number of aromatic nitrogens is 2. The van der Waals surface area contributed by atoms with Crippen molar-refractivity contribution >= 4 is 40.1 Å². The van der Waals surface area contributed by atoms with E-state index in [2.05, 4.69) is 27.2 Å². The molecule has 168 valence electrons. The zero-order chi connectivity index (χ0) is 22.8. The molecule has 1 amide bonds. The molecule has 0 atom stereocenters. The van der Waals surface area contributed by atoms with E-state index in [1.54, 1.807) is 20.3 Å². The summed E-state index contributed by atoms with van der Waals surface area (Å²) in [5, 5.41) is 7.11. The van der Waals surface area contributed by atoms with Gasteiger partial charge in [0, 0.05) is 44.1 Å². The van der Waals surface area contributed by atoms with Crippen molar-refractivity contribution < 1.29 is 14.3 Å². The Labute approximate surface area is 188 Å². The van der Waals surface area contributed by atoms with Crippen LogP contribution >= 0.6 is 0 Å². The standard InChI is InChI=1S/C24H29N5O3/c1-4-18-6-5-7-19(14-18)28-24-21-15-20(8-9-22(21)25-17-26-24)27-23(30)16-29(10-12-31-2)11-13-32-3/h4-9,14-15,17H,1,10-13,16H2,2-3H3,(H,27,30)(H,25,26,28). The summed E-state index contributed by atoms with van der Waals surface area (Å²) in [6.45, 7) is 6.45. The molecule has 0 saturated carbocycles. The van der Waals surface area contributed by atoms with Crippen LogP contribution in [0.4, 0.5) is 17.2 Å². The topological polar surface area (TPSA) is 88.6 Å². The van der Waals surface area contributed by atoms with Gasteiger partial charge in [-0.3, -0.25) is 9.69 Å². The van der Waals surface area contributed by atoms with Gasteiger partial charge >= 0.3 is 0 Å². The van der Waals surface area contributed by atoms with Gasteiger partial charge < -0.3 is 20.1 Å². The van der Waals surface area contributed by atoms with E-state index in [4.69, 9.17) is 9.47 Å². The van der Waals surface area contributed by atoms with E-state index in [-0.39, 0.29) is 12.5 Å². The highest BCUT2D eigenvalue weighted by Gasteiger charge is 2.12. The van der Waals surface area contributed by atoms with Gasteiger partial charge in [0.1, 0.15) is 12.1 Å². The Balaban J connectivity index is 1.75. The quantitative estimate of drug-likeness (QED) is 0.450. The maximum atomic E-state index is 12.6. The van der Waals surface area contributed by atoms with Crippen LogP contribution in [0.3, 0.4) is 0 Å². The number of fused-ring (bicyclic) bond motifs is 1. The number of ether oxygens (including phenoxy) is 2. The van der Waals surface area contributed by atoms with Gasteiger partial charge in [-0.2, -0.15) is 0 Å². The van der Waals surface area contributed by atoms with Crippen LogP contribution < -0.4 is 10.6 Å². The van der Waals surface area contributed by atoms with Crippen LogP contribution in [0.25, 0.3) is 17.0 Å². The zero-order valence-electron chi connectivity index (χ0n) is 18.5. The summed E-state index contributed by atoms with van der Waals surface area (Å²) in [7, 11) is 3.29. The van der Waals surface area contributed by atoms with Crippen LogP contribution in [0.1, 0.15) is 5.56 Å². The van der Waals surface area contributed by atoms with Gasteiger partial charge in [-0.05, 0) is 35.9 Å². The largest absolute Gasteiger partial charge is 0.383 e. The molecule has 2 aromatic carbocycles. The van der Waals surface area contributed by atoms with Gasteiger partial charge in [-0.15, -0.1) is 0 Å². The van der Waals surface area contributed by atoms with E-state index in [1.165, 1.54) is 6.33 Å². The summed E-state index contributed by atoms with van der Waals surface area (Å²) in [5.41, 5.74) is 3.36. The summed E-state index contributed by atoms with van der Waals surface area (Å²) in [6, 6.07) is 13.5. The average Bonchev–Trinajstić information content (AvgIpc) is 2.81. The first kappa shape index (κ1) is 23.3. The molecule has 8 nitrogen and oxygen atoms in total. The number of rotatable bonds is 12. The fraction of sp³-hybridized carbons (Fsp3) is 0.292. The summed E-state index contributed by atoms with van der Waals surface area (Å²) < 4.78 is 10.3. The number of nitrogens with zero attached hydrogens (tertiary/aromatic N) is 3. The molecular weight excluding hydrogens is 406 g/mol. The van der Waals surface area contributed by atoms with E-state index in [0.717, 1.165) is 22.2 Å². The van der Waals surface area contributed by atoms with E-state index in [0.29, 0.717) is 37.8 Å². The van der Waals surface area contributed by atoms with Crippen molar-refractivity contribution in [3.8, 4) is 0 Å². The number of hydrogen-bond donors (Lipinski definition) is 2. The molecule has 0 bridgehead atoms. The lowest BCUT2D eigenvalue weighted by Gasteiger charge is -2.21. The highest BCUT2D eigenvalue weighted by Crippen LogP contribution is 2.26. The number of hydrogen-bond acceptors (Lipinski definition) is 7. The SMILES string of the molecule is C=Cc1cccc(Nc2ncnc3ccc(NC(=O)CN(CCOC)CCOC)cc23)c1. The van der Waals surface area contributed by atoms with Crippen molar-refractivity contribution in [2.75, 3.05) is 57.7 Å². The Morgan fingerprint density at radius 2 is 1.84 bits per heavy atom. The number of carbonyl (C=O) groups excluding carboxylic acids is 1. The second-order valence-electron chi connectivity index (χ2n) is 7.22. The minimum Gasteiger partial charge on any atom is -0.383 e. The molecule has 32 heavy (non-hydrogen) atoms. The molecule has 0 spiro atoms. The first-order chi connectivity index (χ1) is 15.6. The van der Waals surface area contributed by atoms with Crippen molar-refractivity contribution in [1.29, 1.82) is 0 Å². The van der Waals surface area contributed by atoms with Gasteiger partial charge in [-0.1, -0.05) is 24.8 Å². The van der Waals surface area contributed by atoms with Crippen LogP contribution in [0.15, 0.2) is 55.4 Å². The molecule has 1 heterocycles. The van der Waals surface area contributed by atoms with Crippen LogP contribution in [0, 0.1) is 0 Å². The zero-order valence-corrected chi connectivity index (χ0v) is 18.5. The van der Waals surface area contributed by atoms with Gasteiger partial charge in [-0.25, -0.2) is 9.97 Å². The third-order valence-electron chi connectivity index (χ3n) is 4.89. The molecule has 3 rings (SSSR count). The van der Waals surface area contributed by atoms with Crippen molar-refractivity contribution in [3.63, 3.8) is 0 Å². The molecular formula is C24H29N5O3. The maximum Gasteiger partial charge on any atom is 0.238 e. The predicted molar refractivity (Wildman–Crippen MR) is 128 cm³/mol. The summed E-state index contributed by atoms with van der Waals surface area (Å²) in [4.78, 5) is 23.4. The Morgan fingerprint density at radius 1 is 1.06 bits per heavy atom. The molecule has 0 aliphatic rings. The molecule has 0 aliphatic heterocycles. The van der Waals surface area contributed by atoms with E-state index >= 15 is 0 Å². The molecule has 0 unspecified atom stereocenters. The second-order valence-corrected chi connectivity index (χ2v) is 7.22. The Bertz CT molecular complexity index is 1050. The van der Waals surface area contributed by atoms with Crippen molar-refractivity contribution in [1.82, 2.24) is 14.9 Å². The number of carbonyl (C=O) groups is 1. The molecule has 3 aromatic rings. The molecule has 2 N–H and O–H groups in total. The van der Waals surface area contributed by atoms with E-state index < -0.39 is 0 Å². The number of benzene rings is 2. The highest BCUT2D eigenvalue weighted by atomic mass is 16.5. The normalized spacial score (nSPS) is 11.0. The highest BCUT2D eigenvalue weighted by molar-refractivity contribution is 5.97. The number of anilines is 3. The van der Waals surface area contributed by atoms with Gasteiger partial charge in [0.2, 0.25) is 5.91 Å². The predicted octanol–water partition coefficient (Wildman–Crippen LogP) is 3.55. The molecule has 0 fully saturated rings. The monoisotopic (exact) mass is 435 g/mol. The van der Waals surface area contributed by atoms with Crippen LogP contribution in [0.5, 0.6) is 0 Å². The van der Waals surface area contributed by atoms with Crippen molar-refractivity contribution in [2.45, 2.75) is 0 Å². The van der Waals surface area contributed by atoms with Crippen molar-refractivity contribution in [3.05, 3.63) is 60.9 Å². The van der Waals surface area contributed by atoms with Crippen LogP contribution in [-0.4, -0.2) is 67.8 Å². The number of amides is 1. The minimum atomic E-state index is -0.110. The lowest BCUT2D eigenvalue weighted by atomic mass is 10.1. The summed E-state index contributed by atoms with van der Waals surface area (Å²) in [5.74, 6) is 0.552. The van der Waals surface area contributed by atoms with Crippen LogP contribution in [0.2, 0.25) is 0 Å². The number of methoxy groups -OCH3 is 2. The fourth-order valence-electron chi connectivity index (χ4n) is 3.23. The van der Waals surface area contributed by atoms with E-state index in [9.17, 15) is 4.79 Å². The number of nitrogens with one attached hydrogen (secondary N) is 2. The van der Waals surface area contributed by atoms with Crippen LogP contribution in [-0.2, 0) is 14.3 Å². The molecule has 8 heteroatoms. The average molecular weight is 436 g/mol. The lowest BCUT2D eigenvalue weighted by molar-refractivity contribution is -0.117. The fourth-order valence-corrected chi connectivity index (χ4v) is 3.23. The summed E-state index contributed by atoms with van der Waals surface area (Å²) >= 11 is 0. The van der Waals surface area contributed by atoms with Gasteiger partial charge in [0.25, 0.3) is 0 Å². The maximum absolute atomic E-state index is 12.6. The second kappa shape index (κ2) is 11.9. The molecule has 0 radical (unpaired) electrons. The Kier molecular flexibility index (Phi) is 8.68. The summed E-state index contributed by atoms with van der Waals surface area (Å²) in [6.07, 6.45) is 3.31. The lowest BCUT2D eigenvalue weighted by Crippen LogP contribution is -2.37. The van der Waals surface area contributed by atoms with Gasteiger partial charge in [0.15, 0.2) is 0 Å². The van der Waals surface area contributed by atoms with Crippen molar-refractivity contribution in [2.24, 2.45) is 0 Å². The third-order valence-corrected chi connectivity index (χ3v) is 4.89. The van der Waals surface area contributed by atoms with E-state index in [1.807, 2.05) is 47.4 Å². The minimum absolute atomic E-state index is 0.110. The Hall–Kier alpha value is -3.33. The first-order valence-corrected chi connectivity index (χ1v) is 10.4. The third kappa shape index (κ3) is 6.58. The smallest absolute Gasteiger partial charge is 0.238 e. The molecule has 1 aromatic heterocycles. The molecule has 0 aliphatic carbocycles. The Morgan fingerprint density at radius 3 is 2.56 bits per heavy atom. The molecule has 0 saturated heterocycles.